The van der Waals surface area contributed by atoms with Crippen LogP contribution in [0.1, 0.15) is 32.6 Å². The fourth-order valence-corrected chi connectivity index (χ4v) is 3.78. The first-order valence-electron chi connectivity index (χ1n) is 7.25. The van der Waals surface area contributed by atoms with Crippen LogP contribution < -0.4 is 5.32 Å². The van der Waals surface area contributed by atoms with E-state index in [0.29, 0.717) is 23.4 Å². The molecule has 0 aromatic heterocycles. The lowest BCUT2D eigenvalue weighted by molar-refractivity contribution is -0.142. The largest absolute Gasteiger partial charge is 0.481 e. The van der Waals surface area contributed by atoms with Crippen molar-refractivity contribution in [2.45, 2.75) is 43.5 Å². The van der Waals surface area contributed by atoms with Crippen LogP contribution in [0.25, 0.3) is 0 Å². The van der Waals surface area contributed by atoms with Gasteiger partial charge in [-0.25, -0.2) is 8.42 Å². The van der Waals surface area contributed by atoms with E-state index in [1.165, 1.54) is 0 Å². The highest BCUT2D eigenvalue weighted by molar-refractivity contribution is 7.91. The first-order valence-corrected chi connectivity index (χ1v) is 8.90. The molecule has 0 aliphatic heterocycles. The molecule has 0 radical (unpaired) electrons. The summed E-state index contributed by atoms with van der Waals surface area (Å²) in [6.45, 7) is 1.63. The van der Waals surface area contributed by atoms with Crippen LogP contribution in [0.3, 0.4) is 0 Å². The topological polar surface area (TPSA) is 83.5 Å². The van der Waals surface area contributed by atoms with Gasteiger partial charge in [0, 0.05) is 6.04 Å². The highest BCUT2D eigenvalue weighted by atomic mass is 32.2. The summed E-state index contributed by atoms with van der Waals surface area (Å²) in [5.41, 5.74) is 0.623. The number of carboxylic acid groups (broad SMARTS) is 1. The molecule has 0 atom stereocenters. The molecule has 0 saturated heterocycles. The minimum absolute atomic E-state index is 0.0669. The molecule has 1 aromatic rings. The zero-order valence-electron chi connectivity index (χ0n) is 12.1. The predicted octanol–water partition coefficient (Wildman–Crippen LogP) is 2.54. The molecule has 0 unspecified atom stereocenters. The second-order valence-electron chi connectivity index (χ2n) is 5.43. The number of benzene rings is 1. The van der Waals surface area contributed by atoms with E-state index in [9.17, 15) is 13.2 Å². The Hall–Kier alpha value is -1.56. The van der Waals surface area contributed by atoms with Gasteiger partial charge in [-0.3, -0.25) is 4.79 Å². The van der Waals surface area contributed by atoms with Gasteiger partial charge in [0.2, 0.25) is 0 Å². The molecule has 2 N–H and O–H groups in total. The molecule has 1 saturated carbocycles. The Kier molecular flexibility index (Phi) is 4.88. The second-order valence-corrected chi connectivity index (χ2v) is 7.68. The Bertz CT molecular complexity index is 604. The van der Waals surface area contributed by atoms with Gasteiger partial charge < -0.3 is 10.4 Å². The average molecular weight is 311 g/mol. The molecule has 2 rings (SSSR count). The number of hydrogen-bond donors (Lipinski definition) is 2. The number of aliphatic carboxylic acids is 1. The molecule has 6 heteroatoms. The van der Waals surface area contributed by atoms with Crippen LogP contribution in [-0.4, -0.2) is 31.3 Å². The fraction of sp³-hybridized carbons (Fsp3) is 0.533. The summed E-state index contributed by atoms with van der Waals surface area (Å²) in [4.78, 5) is 11.3. The summed E-state index contributed by atoms with van der Waals surface area (Å²) >= 11 is 0. The quantitative estimate of drug-likeness (QED) is 0.873. The van der Waals surface area contributed by atoms with Gasteiger partial charge in [0.05, 0.1) is 22.3 Å². The summed E-state index contributed by atoms with van der Waals surface area (Å²) in [6.07, 6.45) is 2.76. The Morgan fingerprint density at radius 3 is 2.43 bits per heavy atom. The number of carboxylic acids is 1. The summed E-state index contributed by atoms with van der Waals surface area (Å²) in [7, 11) is -3.26. The molecule has 1 aliphatic carbocycles. The highest BCUT2D eigenvalue weighted by Crippen LogP contribution is 2.29. The number of rotatable bonds is 5. The average Bonchev–Trinajstić information content (AvgIpc) is 2.48. The Balaban J connectivity index is 2.10. The molecule has 5 nitrogen and oxygen atoms in total. The van der Waals surface area contributed by atoms with E-state index in [2.05, 4.69) is 5.32 Å². The van der Waals surface area contributed by atoms with Crippen molar-refractivity contribution in [3.8, 4) is 0 Å². The van der Waals surface area contributed by atoms with Crippen LogP contribution in [-0.2, 0) is 14.6 Å². The van der Waals surface area contributed by atoms with E-state index >= 15 is 0 Å². The molecule has 0 spiro atoms. The third-order valence-corrected chi connectivity index (χ3v) is 5.82. The summed E-state index contributed by atoms with van der Waals surface area (Å²) < 4.78 is 24.2. The molecule has 116 valence electrons. The maximum absolute atomic E-state index is 12.1. The van der Waals surface area contributed by atoms with E-state index in [1.54, 1.807) is 31.2 Å². The minimum Gasteiger partial charge on any atom is -0.481 e. The number of carbonyl (C=O) groups is 1. The minimum atomic E-state index is -3.26. The molecule has 0 bridgehead atoms. The highest BCUT2D eigenvalue weighted by Gasteiger charge is 2.26. The molecular formula is C15H21NO4S. The van der Waals surface area contributed by atoms with Gasteiger partial charge in [-0.15, -0.1) is 0 Å². The predicted molar refractivity (Wildman–Crippen MR) is 81.2 cm³/mol. The third kappa shape index (κ3) is 3.75. The number of para-hydroxylation sites is 1. The van der Waals surface area contributed by atoms with Crippen LogP contribution in [0.2, 0.25) is 0 Å². The molecular weight excluding hydrogens is 290 g/mol. The standard InChI is InChI=1S/C15H21NO4S/c1-2-21(19,20)14-6-4-3-5-13(14)16-12-9-7-11(8-10-12)15(17)18/h3-6,11-12,16H,2,7-10H2,1H3,(H,17,18). The molecule has 0 heterocycles. The SMILES string of the molecule is CCS(=O)(=O)c1ccccc1NC1CCC(C(=O)O)CC1. The number of nitrogens with one attached hydrogen (secondary N) is 1. The summed E-state index contributed by atoms with van der Waals surface area (Å²) in [5, 5.41) is 12.3. The van der Waals surface area contributed by atoms with Crippen molar-refractivity contribution in [3.63, 3.8) is 0 Å². The van der Waals surface area contributed by atoms with E-state index in [-0.39, 0.29) is 17.7 Å². The lowest BCUT2D eigenvalue weighted by Crippen LogP contribution is -2.29. The Morgan fingerprint density at radius 1 is 1.24 bits per heavy atom. The van der Waals surface area contributed by atoms with Crippen LogP contribution >= 0.6 is 0 Å². The van der Waals surface area contributed by atoms with E-state index in [0.717, 1.165) is 12.8 Å². The van der Waals surface area contributed by atoms with E-state index in [1.807, 2.05) is 0 Å². The fourth-order valence-electron chi connectivity index (χ4n) is 2.72. The lowest BCUT2D eigenvalue weighted by atomic mass is 9.86. The third-order valence-electron chi connectivity index (χ3n) is 4.04. The monoisotopic (exact) mass is 311 g/mol. The van der Waals surface area contributed by atoms with Crippen molar-refractivity contribution in [3.05, 3.63) is 24.3 Å². The molecule has 21 heavy (non-hydrogen) atoms. The number of anilines is 1. The maximum Gasteiger partial charge on any atom is 0.306 e. The van der Waals surface area contributed by atoms with Gasteiger partial charge in [-0.05, 0) is 37.8 Å². The van der Waals surface area contributed by atoms with Gasteiger partial charge in [0.1, 0.15) is 0 Å². The number of hydrogen-bond acceptors (Lipinski definition) is 4. The molecule has 1 fully saturated rings. The summed E-state index contributed by atoms with van der Waals surface area (Å²) in [6, 6.07) is 7.04. The van der Waals surface area contributed by atoms with Crippen molar-refractivity contribution < 1.29 is 18.3 Å². The van der Waals surface area contributed by atoms with Crippen molar-refractivity contribution in [2.75, 3.05) is 11.1 Å². The van der Waals surface area contributed by atoms with Gasteiger partial charge in [0.25, 0.3) is 0 Å². The van der Waals surface area contributed by atoms with Gasteiger partial charge >= 0.3 is 5.97 Å². The molecule has 1 aliphatic rings. The van der Waals surface area contributed by atoms with Crippen LogP contribution in [0, 0.1) is 5.92 Å². The smallest absolute Gasteiger partial charge is 0.306 e. The Morgan fingerprint density at radius 2 is 1.86 bits per heavy atom. The van der Waals surface area contributed by atoms with Crippen LogP contribution in [0.15, 0.2) is 29.2 Å². The maximum atomic E-state index is 12.1. The Labute approximate surface area is 125 Å². The molecule has 1 aromatic carbocycles. The van der Waals surface area contributed by atoms with Crippen molar-refractivity contribution in [1.29, 1.82) is 0 Å². The summed E-state index contributed by atoms with van der Waals surface area (Å²) in [5.74, 6) is -0.933. The van der Waals surface area contributed by atoms with Crippen molar-refractivity contribution in [2.24, 2.45) is 5.92 Å². The second kappa shape index (κ2) is 6.47. The number of sulfone groups is 1. The van der Waals surface area contributed by atoms with Gasteiger partial charge in [-0.1, -0.05) is 19.1 Å². The van der Waals surface area contributed by atoms with Crippen molar-refractivity contribution >= 4 is 21.5 Å². The first kappa shape index (κ1) is 15.8. The normalized spacial score (nSPS) is 22.7. The lowest BCUT2D eigenvalue weighted by Gasteiger charge is -2.28. The van der Waals surface area contributed by atoms with Crippen LogP contribution in [0.5, 0.6) is 0 Å². The molecule has 0 amide bonds. The zero-order valence-corrected chi connectivity index (χ0v) is 12.9. The van der Waals surface area contributed by atoms with E-state index in [4.69, 9.17) is 5.11 Å². The van der Waals surface area contributed by atoms with Crippen molar-refractivity contribution in [1.82, 2.24) is 0 Å². The van der Waals surface area contributed by atoms with Gasteiger partial charge in [-0.2, -0.15) is 0 Å². The zero-order chi connectivity index (χ0) is 15.5. The van der Waals surface area contributed by atoms with E-state index < -0.39 is 15.8 Å². The van der Waals surface area contributed by atoms with Crippen LogP contribution in [0.4, 0.5) is 5.69 Å². The van der Waals surface area contributed by atoms with Gasteiger partial charge in [0.15, 0.2) is 9.84 Å². The first-order chi connectivity index (χ1) is 9.94.